The van der Waals surface area contributed by atoms with E-state index in [0.29, 0.717) is 6.42 Å². The Bertz CT molecular complexity index is 206. The van der Waals surface area contributed by atoms with Crippen LogP contribution < -0.4 is 5.32 Å². The Hall–Kier alpha value is 0.110. The fraction of sp³-hybridized carbons (Fsp3) is 1.00. The molecule has 0 aliphatic carbocycles. The molecule has 5 heteroatoms. The highest BCUT2D eigenvalue weighted by atomic mass is 31.2. The van der Waals surface area contributed by atoms with Gasteiger partial charge in [0.25, 0.3) is 0 Å². The summed E-state index contributed by atoms with van der Waals surface area (Å²) in [6, 6.07) is 0. The van der Waals surface area contributed by atoms with Crippen molar-refractivity contribution >= 4 is 7.60 Å². The molecule has 0 aromatic rings. The normalized spacial score (nSPS) is 11.9. The van der Waals surface area contributed by atoms with Crippen molar-refractivity contribution in [2.24, 2.45) is 0 Å². The molecule has 104 valence electrons. The van der Waals surface area contributed by atoms with E-state index in [1.807, 2.05) is 0 Å². The Balaban J connectivity index is 3.01. The molecule has 0 bridgehead atoms. The molecule has 0 amide bonds. The van der Waals surface area contributed by atoms with Crippen molar-refractivity contribution in [3.63, 3.8) is 0 Å². The molecule has 0 radical (unpaired) electrons. The van der Waals surface area contributed by atoms with Gasteiger partial charge in [-0.1, -0.05) is 45.4 Å². The second-order valence-electron chi connectivity index (χ2n) is 4.57. The summed E-state index contributed by atoms with van der Waals surface area (Å²) >= 11 is 0. The highest BCUT2D eigenvalue weighted by Crippen LogP contribution is 2.35. The highest BCUT2D eigenvalue weighted by molar-refractivity contribution is 7.51. The second-order valence-corrected chi connectivity index (χ2v) is 6.35. The molecule has 0 fully saturated rings. The summed E-state index contributed by atoms with van der Waals surface area (Å²) in [6.07, 6.45) is 9.03. The molecular formula is C12H28NO3P. The van der Waals surface area contributed by atoms with E-state index in [2.05, 4.69) is 12.2 Å². The Morgan fingerprint density at radius 3 is 1.82 bits per heavy atom. The van der Waals surface area contributed by atoms with Crippen LogP contribution in [0.25, 0.3) is 0 Å². The molecule has 0 aromatic carbocycles. The van der Waals surface area contributed by atoms with Crippen LogP contribution in [0.2, 0.25) is 0 Å². The van der Waals surface area contributed by atoms with E-state index >= 15 is 0 Å². The highest BCUT2D eigenvalue weighted by Gasteiger charge is 2.10. The summed E-state index contributed by atoms with van der Waals surface area (Å²) < 4.78 is 10.6. The third-order valence-corrected chi connectivity index (χ3v) is 3.70. The van der Waals surface area contributed by atoms with Crippen LogP contribution in [-0.2, 0) is 4.57 Å². The average molecular weight is 265 g/mol. The maximum absolute atomic E-state index is 10.6. The first-order valence-corrected chi connectivity index (χ1v) is 8.61. The standard InChI is InChI=1S/C12H28NO3P/c1-2-13-11-9-7-5-3-4-6-8-10-12-17(14,15)16/h13H,2-12H2,1H3,(H2,14,15,16). The molecular weight excluding hydrogens is 237 g/mol. The largest absolute Gasteiger partial charge is 0.325 e. The van der Waals surface area contributed by atoms with Crippen LogP contribution in [0.15, 0.2) is 0 Å². The summed E-state index contributed by atoms with van der Waals surface area (Å²) in [7, 11) is -3.75. The van der Waals surface area contributed by atoms with Gasteiger partial charge in [0.05, 0.1) is 0 Å². The van der Waals surface area contributed by atoms with Crippen LogP contribution in [0.5, 0.6) is 0 Å². The molecule has 0 saturated carbocycles. The van der Waals surface area contributed by atoms with Gasteiger partial charge < -0.3 is 15.1 Å². The second kappa shape index (κ2) is 11.2. The fourth-order valence-corrected chi connectivity index (χ4v) is 2.44. The molecule has 0 saturated heterocycles. The van der Waals surface area contributed by atoms with Crippen molar-refractivity contribution in [1.29, 1.82) is 0 Å². The molecule has 0 rings (SSSR count). The summed E-state index contributed by atoms with van der Waals surface area (Å²) in [6.45, 7) is 4.30. The van der Waals surface area contributed by atoms with Gasteiger partial charge in [0.15, 0.2) is 0 Å². The van der Waals surface area contributed by atoms with Crippen molar-refractivity contribution in [3.8, 4) is 0 Å². The molecule has 0 spiro atoms. The Morgan fingerprint density at radius 1 is 0.882 bits per heavy atom. The molecule has 4 nitrogen and oxygen atoms in total. The van der Waals surface area contributed by atoms with Gasteiger partial charge in [0.2, 0.25) is 0 Å². The molecule has 0 aliphatic heterocycles. The Morgan fingerprint density at radius 2 is 1.35 bits per heavy atom. The Kier molecular flexibility index (Phi) is 11.3. The molecule has 0 unspecified atom stereocenters. The minimum Gasteiger partial charge on any atom is -0.324 e. The van der Waals surface area contributed by atoms with Crippen LogP contribution in [-0.4, -0.2) is 29.0 Å². The van der Waals surface area contributed by atoms with Crippen molar-refractivity contribution < 1.29 is 14.4 Å². The molecule has 0 aliphatic rings. The third-order valence-electron chi connectivity index (χ3n) is 2.80. The number of nitrogens with one attached hydrogen (secondary N) is 1. The van der Waals surface area contributed by atoms with Crippen LogP contribution in [0.1, 0.15) is 58.3 Å². The SMILES string of the molecule is CCNCCCCCCCCCCP(=O)(O)O. The van der Waals surface area contributed by atoms with Crippen molar-refractivity contribution in [2.75, 3.05) is 19.3 Å². The van der Waals surface area contributed by atoms with Gasteiger partial charge in [0.1, 0.15) is 0 Å². The van der Waals surface area contributed by atoms with Gasteiger partial charge >= 0.3 is 7.60 Å². The summed E-state index contributed by atoms with van der Waals surface area (Å²) in [5, 5.41) is 3.31. The third kappa shape index (κ3) is 16.1. The predicted octanol–water partition coefficient (Wildman–Crippen LogP) is 2.89. The van der Waals surface area contributed by atoms with Crippen LogP contribution in [0.4, 0.5) is 0 Å². The lowest BCUT2D eigenvalue weighted by Gasteiger charge is -2.04. The first-order chi connectivity index (χ1) is 8.06. The van der Waals surface area contributed by atoms with E-state index < -0.39 is 7.60 Å². The maximum Gasteiger partial charge on any atom is 0.325 e. The van der Waals surface area contributed by atoms with E-state index in [-0.39, 0.29) is 6.16 Å². The lowest BCUT2D eigenvalue weighted by Crippen LogP contribution is -2.13. The lowest BCUT2D eigenvalue weighted by molar-refractivity contribution is 0.370. The summed E-state index contributed by atoms with van der Waals surface area (Å²) in [5.41, 5.74) is 0. The zero-order valence-electron chi connectivity index (χ0n) is 11.0. The van der Waals surface area contributed by atoms with E-state index in [1.54, 1.807) is 0 Å². The minimum atomic E-state index is -3.75. The fourth-order valence-electron chi connectivity index (χ4n) is 1.81. The Labute approximate surface area is 105 Å². The number of unbranched alkanes of at least 4 members (excludes halogenated alkanes) is 7. The van der Waals surface area contributed by atoms with Gasteiger partial charge in [-0.15, -0.1) is 0 Å². The van der Waals surface area contributed by atoms with Crippen molar-refractivity contribution in [3.05, 3.63) is 0 Å². The first-order valence-electron chi connectivity index (χ1n) is 6.81. The maximum atomic E-state index is 10.6. The van der Waals surface area contributed by atoms with E-state index in [0.717, 1.165) is 25.9 Å². The summed E-state index contributed by atoms with van der Waals surface area (Å²) in [5.74, 6) is 0. The lowest BCUT2D eigenvalue weighted by atomic mass is 10.1. The van der Waals surface area contributed by atoms with E-state index in [1.165, 1.54) is 32.1 Å². The van der Waals surface area contributed by atoms with Crippen molar-refractivity contribution in [1.82, 2.24) is 5.32 Å². The quantitative estimate of drug-likeness (QED) is 0.375. The van der Waals surface area contributed by atoms with E-state index in [9.17, 15) is 4.57 Å². The van der Waals surface area contributed by atoms with Gasteiger partial charge in [-0.05, 0) is 25.9 Å². The topological polar surface area (TPSA) is 69.6 Å². The summed E-state index contributed by atoms with van der Waals surface area (Å²) in [4.78, 5) is 17.3. The van der Waals surface area contributed by atoms with Crippen LogP contribution in [0.3, 0.4) is 0 Å². The molecule has 0 heterocycles. The smallest absolute Gasteiger partial charge is 0.324 e. The molecule has 0 aromatic heterocycles. The average Bonchev–Trinajstić information content (AvgIpc) is 2.24. The number of hydrogen-bond acceptors (Lipinski definition) is 2. The monoisotopic (exact) mass is 265 g/mol. The van der Waals surface area contributed by atoms with E-state index in [4.69, 9.17) is 9.79 Å². The van der Waals surface area contributed by atoms with Gasteiger partial charge in [0, 0.05) is 6.16 Å². The molecule has 17 heavy (non-hydrogen) atoms. The minimum absolute atomic E-state index is 0.0513. The van der Waals surface area contributed by atoms with Crippen LogP contribution in [0, 0.1) is 0 Å². The van der Waals surface area contributed by atoms with Gasteiger partial charge in [-0.2, -0.15) is 0 Å². The molecule has 0 atom stereocenters. The molecule has 3 N–H and O–H groups in total. The zero-order valence-corrected chi connectivity index (χ0v) is 11.9. The van der Waals surface area contributed by atoms with Gasteiger partial charge in [-0.25, -0.2) is 0 Å². The zero-order chi connectivity index (χ0) is 13.0. The number of rotatable bonds is 12. The van der Waals surface area contributed by atoms with Crippen molar-refractivity contribution in [2.45, 2.75) is 58.3 Å². The first kappa shape index (κ1) is 17.1. The van der Waals surface area contributed by atoms with Crippen LogP contribution >= 0.6 is 7.60 Å². The number of hydrogen-bond donors (Lipinski definition) is 3. The van der Waals surface area contributed by atoms with Gasteiger partial charge in [-0.3, -0.25) is 4.57 Å². The predicted molar refractivity (Wildman–Crippen MR) is 72.4 cm³/mol.